The van der Waals surface area contributed by atoms with Gasteiger partial charge in [0.2, 0.25) is 0 Å². The number of hydrogen-bond acceptors (Lipinski definition) is 2. The Kier molecular flexibility index (Phi) is 3.82. The summed E-state index contributed by atoms with van der Waals surface area (Å²) in [6.07, 6.45) is 3.45. The average molecular weight is 219 g/mol. The van der Waals surface area contributed by atoms with Gasteiger partial charge in [-0.2, -0.15) is 0 Å². The van der Waals surface area contributed by atoms with E-state index in [1.807, 2.05) is 19.1 Å². The number of pyridine rings is 1. The van der Waals surface area contributed by atoms with Crippen molar-refractivity contribution in [2.75, 3.05) is 17.1 Å². The molecule has 72 valence electrons. The molecular formula is C9H12Cl2N2. The third kappa shape index (κ3) is 3.05. The lowest BCUT2D eigenvalue weighted by molar-refractivity contribution is 0.649. The summed E-state index contributed by atoms with van der Waals surface area (Å²) in [5.74, 6) is 0.942. The van der Waals surface area contributed by atoms with Crippen LogP contribution in [0.1, 0.15) is 6.92 Å². The van der Waals surface area contributed by atoms with E-state index in [0.29, 0.717) is 11.8 Å². The Morgan fingerprint density at radius 1 is 1.31 bits per heavy atom. The van der Waals surface area contributed by atoms with Gasteiger partial charge in [0, 0.05) is 29.8 Å². The molecule has 1 heterocycles. The summed E-state index contributed by atoms with van der Waals surface area (Å²) < 4.78 is 0. The molecule has 0 saturated heterocycles. The molecule has 0 aliphatic carbocycles. The van der Waals surface area contributed by atoms with E-state index in [2.05, 4.69) is 10.3 Å². The highest BCUT2D eigenvalue weighted by molar-refractivity contribution is 6.22. The molecule has 0 amide bonds. The molecule has 0 atom stereocenters. The molecule has 4 heteroatoms. The molecule has 0 aliphatic rings. The molecule has 2 nitrogen and oxygen atoms in total. The van der Waals surface area contributed by atoms with Gasteiger partial charge in [-0.25, -0.2) is 0 Å². The SMILES string of the molecule is CC(CCl)(CCl)Nc1ccncc1. The first-order chi connectivity index (χ1) is 6.20. The van der Waals surface area contributed by atoms with Gasteiger partial charge < -0.3 is 5.32 Å². The maximum Gasteiger partial charge on any atom is 0.0615 e. The first kappa shape index (κ1) is 10.6. The molecule has 13 heavy (non-hydrogen) atoms. The second-order valence-electron chi connectivity index (χ2n) is 3.19. The van der Waals surface area contributed by atoms with Crippen molar-refractivity contribution in [2.45, 2.75) is 12.5 Å². The third-order valence-electron chi connectivity index (χ3n) is 1.72. The average Bonchev–Trinajstić information content (AvgIpc) is 2.19. The topological polar surface area (TPSA) is 24.9 Å². The smallest absolute Gasteiger partial charge is 0.0615 e. The van der Waals surface area contributed by atoms with Gasteiger partial charge in [0.05, 0.1) is 5.54 Å². The molecule has 0 saturated carbocycles. The summed E-state index contributed by atoms with van der Waals surface area (Å²) in [5, 5.41) is 3.25. The van der Waals surface area contributed by atoms with Crippen LogP contribution in [0.2, 0.25) is 0 Å². The zero-order valence-corrected chi connectivity index (χ0v) is 8.94. The Morgan fingerprint density at radius 2 is 1.85 bits per heavy atom. The summed E-state index contributed by atoms with van der Waals surface area (Å²) in [6.45, 7) is 1.98. The van der Waals surface area contributed by atoms with Crippen LogP contribution in [-0.4, -0.2) is 22.3 Å². The molecule has 1 aromatic rings. The molecule has 1 N–H and O–H groups in total. The monoisotopic (exact) mass is 218 g/mol. The van der Waals surface area contributed by atoms with Crippen LogP contribution in [0.25, 0.3) is 0 Å². The largest absolute Gasteiger partial charge is 0.377 e. The van der Waals surface area contributed by atoms with Gasteiger partial charge in [0.1, 0.15) is 0 Å². The Morgan fingerprint density at radius 3 is 2.31 bits per heavy atom. The third-order valence-corrected chi connectivity index (χ3v) is 2.90. The quantitative estimate of drug-likeness (QED) is 0.787. The highest BCUT2D eigenvalue weighted by atomic mass is 35.5. The van der Waals surface area contributed by atoms with Gasteiger partial charge in [-0.05, 0) is 19.1 Å². The van der Waals surface area contributed by atoms with Crippen LogP contribution in [0, 0.1) is 0 Å². The van der Waals surface area contributed by atoms with Crippen molar-refractivity contribution < 1.29 is 0 Å². The number of hydrogen-bond donors (Lipinski definition) is 1. The first-order valence-electron chi connectivity index (χ1n) is 4.00. The summed E-state index contributed by atoms with van der Waals surface area (Å²) in [6, 6.07) is 3.77. The zero-order chi connectivity index (χ0) is 9.73. The second kappa shape index (κ2) is 4.68. The van der Waals surface area contributed by atoms with E-state index in [1.54, 1.807) is 12.4 Å². The summed E-state index contributed by atoms with van der Waals surface area (Å²) in [5.41, 5.74) is 0.726. The fourth-order valence-corrected chi connectivity index (χ4v) is 1.31. The van der Waals surface area contributed by atoms with Crippen molar-refractivity contribution in [3.8, 4) is 0 Å². The molecule has 0 unspecified atom stereocenters. The number of nitrogens with one attached hydrogen (secondary N) is 1. The van der Waals surface area contributed by atoms with Crippen molar-refractivity contribution in [1.29, 1.82) is 0 Å². The summed E-state index contributed by atoms with van der Waals surface area (Å²) in [7, 11) is 0. The van der Waals surface area contributed by atoms with E-state index in [4.69, 9.17) is 23.2 Å². The lowest BCUT2D eigenvalue weighted by Crippen LogP contribution is -2.38. The number of aromatic nitrogens is 1. The zero-order valence-electron chi connectivity index (χ0n) is 7.43. The van der Waals surface area contributed by atoms with Gasteiger partial charge in [-0.3, -0.25) is 4.98 Å². The molecule has 0 radical (unpaired) electrons. The Balaban J connectivity index is 2.68. The molecule has 0 aliphatic heterocycles. The van der Waals surface area contributed by atoms with Crippen LogP contribution < -0.4 is 5.32 Å². The van der Waals surface area contributed by atoms with E-state index in [1.165, 1.54) is 0 Å². The van der Waals surface area contributed by atoms with E-state index < -0.39 is 0 Å². The van der Waals surface area contributed by atoms with Crippen LogP contribution in [0.5, 0.6) is 0 Å². The van der Waals surface area contributed by atoms with E-state index in [-0.39, 0.29) is 5.54 Å². The van der Waals surface area contributed by atoms with Crippen molar-refractivity contribution in [3.05, 3.63) is 24.5 Å². The first-order valence-corrected chi connectivity index (χ1v) is 5.07. The van der Waals surface area contributed by atoms with Gasteiger partial charge in [-0.15, -0.1) is 23.2 Å². The lowest BCUT2D eigenvalue weighted by Gasteiger charge is -2.27. The fraction of sp³-hybridized carbons (Fsp3) is 0.444. The minimum Gasteiger partial charge on any atom is -0.377 e. The minimum absolute atomic E-state index is 0.259. The van der Waals surface area contributed by atoms with Crippen LogP contribution >= 0.6 is 23.2 Å². The standard InChI is InChI=1S/C9H12Cl2N2/c1-9(6-10,7-11)13-8-2-4-12-5-3-8/h2-5H,6-7H2,1H3,(H,12,13). The maximum absolute atomic E-state index is 5.80. The van der Waals surface area contributed by atoms with Crippen LogP contribution in [0.3, 0.4) is 0 Å². The van der Waals surface area contributed by atoms with Crippen LogP contribution in [-0.2, 0) is 0 Å². The summed E-state index contributed by atoms with van der Waals surface area (Å²) in [4.78, 5) is 3.92. The van der Waals surface area contributed by atoms with Gasteiger partial charge in [0.25, 0.3) is 0 Å². The number of nitrogens with zero attached hydrogens (tertiary/aromatic N) is 1. The summed E-state index contributed by atoms with van der Waals surface area (Å²) >= 11 is 11.6. The van der Waals surface area contributed by atoms with E-state index >= 15 is 0 Å². The molecule has 0 aromatic carbocycles. The van der Waals surface area contributed by atoms with E-state index in [9.17, 15) is 0 Å². The van der Waals surface area contributed by atoms with Crippen molar-refractivity contribution in [3.63, 3.8) is 0 Å². The van der Waals surface area contributed by atoms with Gasteiger partial charge in [0.15, 0.2) is 0 Å². The molecule has 0 spiro atoms. The Hall–Kier alpha value is -0.470. The van der Waals surface area contributed by atoms with Gasteiger partial charge >= 0.3 is 0 Å². The second-order valence-corrected chi connectivity index (χ2v) is 3.72. The van der Waals surface area contributed by atoms with Crippen molar-refractivity contribution in [2.24, 2.45) is 0 Å². The fourth-order valence-electron chi connectivity index (χ4n) is 0.886. The van der Waals surface area contributed by atoms with Crippen LogP contribution in [0.15, 0.2) is 24.5 Å². The Labute approximate surface area is 88.3 Å². The molecule has 0 bridgehead atoms. The van der Waals surface area contributed by atoms with Gasteiger partial charge in [-0.1, -0.05) is 0 Å². The maximum atomic E-state index is 5.80. The van der Waals surface area contributed by atoms with Crippen LogP contribution in [0.4, 0.5) is 5.69 Å². The predicted molar refractivity (Wildman–Crippen MR) is 57.7 cm³/mol. The molecular weight excluding hydrogens is 207 g/mol. The van der Waals surface area contributed by atoms with E-state index in [0.717, 1.165) is 5.69 Å². The predicted octanol–water partition coefficient (Wildman–Crippen LogP) is 2.73. The highest BCUT2D eigenvalue weighted by Crippen LogP contribution is 2.17. The number of halogens is 2. The highest BCUT2D eigenvalue weighted by Gasteiger charge is 2.21. The normalized spacial score (nSPS) is 11.3. The Bertz CT molecular complexity index is 247. The number of rotatable bonds is 4. The molecule has 1 aromatic heterocycles. The molecule has 1 rings (SSSR count). The lowest BCUT2D eigenvalue weighted by atomic mass is 10.1. The minimum atomic E-state index is -0.259. The number of anilines is 1. The number of alkyl halides is 2. The molecule has 0 fully saturated rings. The van der Waals surface area contributed by atoms with Crippen molar-refractivity contribution >= 4 is 28.9 Å². The van der Waals surface area contributed by atoms with Crippen molar-refractivity contribution in [1.82, 2.24) is 4.98 Å².